The van der Waals surface area contributed by atoms with Gasteiger partial charge in [-0.3, -0.25) is 9.59 Å². The summed E-state index contributed by atoms with van der Waals surface area (Å²) in [5, 5.41) is 4.79. The first-order valence-electron chi connectivity index (χ1n) is 7.30. The van der Waals surface area contributed by atoms with Crippen LogP contribution < -0.4 is 10.6 Å². The van der Waals surface area contributed by atoms with Gasteiger partial charge in [0.2, 0.25) is 11.8 Å². The second kappa shape index (κ2) is 9.66. The molecular formula is C14H25F3N2O3. The molecule has 0 spiro atoms. The molecule has 0 saturated heterocycles. The number of hydrogen-bond donors (Lipinski definition) is 2. The Balaban J connectivity index is 3.74. The highest BCUT2D eigenvalue weighted by atomic mass is 19.4. The average molecular weight is 326 g/mol. The Morgan fingerprint density at radius 3 is 1.82 bits per heavy atom. The molecule has 0 aliphatic carbocycles. The third kappa shape index (κ3) is 12.4. The predicted octanol–water partition coefficient (Wildman–Crippen LogP) is 2.16. The fraction of sp³-hybridized carbons (Fsp3) is 0.857. The molecule has 0 fully saturated rings. The first-order valence-corrected chi connectivity index (χ1v) is 7.30. The molecular weight excluding hydrogens is 301 g/mol. The van der Waals surface area contributed by atoms with Gasteiger partial charge >= 0.3 is 6.18 Å². The Morgan fingerprint density at radius 1 is 0.955 bits per heavy atom. The van der Waals surface area contributed by atoms with Crippen LogP contribution in [0.25, 0.3) is 0 Å². The molecule has 0 saturated carbocycles. The second-order valence-electron chi connectivity index (χ2n) is 5.51. The van der Waals surface area contributed by atoms with Gasteiger partial charge in [-0.1, -0.05) is 0 Å². The standard InChI is InChI=1S/C14H25F3N2O3/c1-4-22-13(2,3)7-9-18-11(20)5-6-12(21)19-10-8-14(15,16)17/h4-10H2,1-3H3,(H,18,20)(H,19,21). The Kier molecular flexibility index (Phi) is 9.08. The molecule has 0 aromatic heterocycles. The molecule has 5 nitrogen and oxygen atoms in total. The minimum atomic E-state index is -4.29. The summed E-state index contributed by atoms with van der Waals surface area (Å²) in [5.41, 5.74) is -0.336. The minimum Gasteiger partial charge on any atom is -0.376 e. The van der Waals surface area contributed by atoms with Crippen molar-refractivity contribution in [1.29, 1.82) is 0 Å². The lowest BCUT2D eigenvalue weighted by molar-refractivity contribution is -0.136. The van der Waals surface area contributed by atoms with Gasteiger partial charge in [0.05, 0.1) is 12.0 Å². The van der Waals surface area contributed by atoms with Gasteiger partial charge in [-0.05, 0) is 27.2 Å². The highest BCUT2D eigenvalue weighted by Crippen LogP contribution is 2.18. The topological polar surface area (TPSA) is 67.4 Å². The number of carbonyl (C=O) groups excluding carboxylic acids is 2. The van der Waals surface area contributed by atoms with Crippen LogP contribution in [0, 0.1) is 0 Å². The van der Waals surface area contributed by atoms with Crippen LogP contribution >= 0.6 is 0 Å². The van der Waals surface area contributed by atoms with Crippen LogP contribution in [0.2, 0.25) is 0 Å². The predicted molar refractivity (Wildman–Crippen MR) is 76.2 cm³/mol. The fourth-order valence-electron chi connectivity index (χ4n) is 1.71. The zero-order chi connectivity index (χ0) is 17.2. The number of alkyl halides is 3. The molecule has 0 bridgehead atoms. The van der Waals surface area contributed by atoms with Crippen molar-refractivity contribution in [3.63, 3.8) is 0 Å². The van der Waals surface area contributed by atoms with Crippen LogP contribution in [0.4, 0.5) is 13.2 Å². The molecule has 0 unspecified atom stereocenters. The van der Waals surface area contributed by atoms with Gasteiger partial charge < -0.3 is 15.4 Å². The first kappa shape index (κ1) is 20.7. The van der Waals surface area contributed by atoms with Crippen molar-refractivity contribution in [2.24, 2.45) is 0 Å². The quantitative estimate of drug-likeness (QED) is 0.646. The number of hydrogen-bond acceptors (Lipinski definition) is 3. The summed E-state index contributed by atoms with van der Waals surface area (Å²) in [6.07, 6.45) is -4.91. The smallest absolute Gasteiger partial charge is 0.376 e. The van der Waals surface area contributed by atoms with Crippen LogP contribution in [0.5, 0.6) is 0 Å². The summed E-state index contributed by atoms with van der Waals surface area (Å²) in [7, 11) is 0. The maximum absolute atomic E-state index is 11.9. The van der Waals surface area contributed by atoms with Gasteiger partial charge in [-0.25, -0.2) is 0 Å². The lowest BCUT2D eigenvalue weighted by Crippen LogP contribution is -2.34. The van der Waals surface area contributed by atoms with Gasteiger partial charge in [0.15, 0.2) is 0 Å². The molecule has 130 valence electrons. The van der Waals surface area contributed by atoms with Crippen LogP contribution in [0.1, 0.15) is 46.5 Å². The monoisotopic (exact) mass is 326 g/mol. The Hall–Kier alpha value is -1.31. The Morgan fingerprint density at radius 2 is 1.41 bits per heavy atom. The van der Waals surface area contributed by atoms with Gasteiger partial charge in [0.1, 0.15) is 0 Å². The van der Waals surface area contributed by atoms with Crippen molar-refractivity contribution in [3.05, 3.63) is 0 Å². The second-order valence-corrected chi connectivity index (χ2v) is 5.51. The third-order valence-corrected chi connectivity index (χ3v) is 2.89. The first-order chi connectivity index (χ1) is 10.1. The molecule has 0 atom stereocenters. The molecule has 0 heterocycles. The number of ether oxygens (including phenoxy) is 1. The van der Waals surface area contributed by atoms with E-state index in [-0.39, 0.29) is 24.3 Å². The number of halogens is 3. The molecule has 0 aliphatic heterocycles. The van der Waals surface area contributed by atoms with E-state index in [1.54, 1.807) is 0 Å². The van der Waals surface area contributed by atoms with Crippen molar-refractivity contribution in [3.8, 4) is 0 Å². The van der Waals surface area contributed by atoms with E-state index in [2.05, 4.69) is 10.6 Å². The van der Waals surface area contributed by atoms with Crippen molar-refractivity contribution in [1.82, 2.24) is 10.6 Å². The number of nitrogens with one attached hydrogen (secondary N) is 2. The molecule has 2 N–H and O–H groups in total. The molecule has 8 heteroatoms. The summed E-state index contributed by atoms with van der Waals surface area (Å²) in [6.45, 7) is 6.25. The molecule has 0 radical (unpaired) electrons. The van der Waals surface area contributed by atoms with Crippen LogP contribution in [0.15, 0.2) is 0 Å². The van der Waals surface area contributed by atoms with Crippen molar-refractivity contribution in [2.75, 3.05) is 19.7 Å². The average Bonchev–Trinajstić information content (AvgIpc) is 2.34. The lowest BCUT2D eigenvalue weighted by Gasteiger charge is -2.24. The van der Waals surface area contributed by atoms with E-state index in [0.29, 0.717) is 19.6 Å². The summed E-state index contributed by atoms with van der Waals surface area (Å²) in [5.74, 6) is -0.868. The van der Waals surface area contributed by atoms with Gasteiger partial charge in [0, 0.05) is 32.5 Å². The Labute approximate surface area is 129 Å². The van der Waals surface area contributed by atoms with Gasteiger partial charge in [0.25, 0.3) is 0 Å². The minimum absolute atomic E-state index is 0.0487. The number of amides is 2. The Bertz CT molecular complexity index is 358. The van der Waals surface area contributed by atoms with Gasteiger partial charge in [-0.2, -0.15) is 13.2 Å². The highest BCUT2D eigenvalue weighted by molar-refractivity contribution is 5.83. The van der Waals surface area contributed by atoms with Gasteiger partial charge in [-0.15, -0.1) is 0 Å². The SMILES string of the molecule is CCOC(C)(C)CCNC(=O)CCC(=O)NCCC(F)(F)F. The summed E-state index contributed by atoms with van der Waals surface area (Å²) in [6, 6.07) is 0. The van der Waals surface area contributed by atoms with Crippen molar-refractivity contribution in [2.45, 2.75) is 58.2 Å². The van der Waals surface area contributed by atoms with E-state index in [4.69, 9.17) is 4.74 Å². The van der Waals surface area contributed by atoms with E-state index in [0.717, 1.165) is 0 Å². The van der Waals surface area contributed by atoms with E-state index in [1.165, 1.54) is 0 Å². The maximum atomic E-state index is 11.9. The number of carbonyl (C=O) groups is 2. The molecule has 22 heavy (non-hydrogen) atoms. The van der Waals surface area contributed by atoms with Crippen molar-refractivity contribution < 1.29 is 27.5 Å². The molecule has 0 aromatic carbocycles. The zero-order valence-corrected chi connectivity index (χ0v) is 13.3. The molecule has 0 aliphatic rings. The van der Waals surface area contributed by atoms with E-state index < -0.39 is 25.0 Å². The van der Waals surface area contributed by atoms with E-state index in [1.807, 2.05) is 20.8 Å². The van der Waals surface area contributed by atoms with Crippen LogP contribution in [0.3, 0.4) is 0 Å². The van der Waals surface area contributed by atoms with Crippen molar-refractivity contribution >= 4 is 11.8 Å². The normalized spacial score (nSPS) is 12.1. The summed E-state index contributed by atoms with van der Waals surface area (Å²) >= 11 is 0. The molecule has 0 aromatic rings. The van der Waals surface area contributed by atoms with E-state index in [9.17, 15) is 22.8 Å². The maximum Gasteiger partial charge on any atom is 0.390 e. The van der Waals surface area contributed by atoms with E-state index >= 15 is 0 Å². The summed E-state index contributed by atoms with van der Waals surface area (Å²) < 4.78 is 41.1. The fourth-order valence-corrected chi connectivity index (χ4v) is 1.71. The zero-order valence-electron chi connectivity index (χ0n) is 13.3. The molecule has 2 amide bonds. The summed E-state index contributed by atoms with van der Waals surface area (Å²) in [4.78, 5) is 22.8. The van der Waals surface area contributed by atoms with Crippen LogP contribution in [-0.4, -0.2) is 43.3 Å². The van der Waals surface area contributed by atoms with Crippen LogP contribution in [-0.2, 0) is 14.3 Å². The third-order valence-electron chi connectivity index (χ3n) is 2.89. The molecule has 0 rings (SSSR count). The largest absolute Gasteiger partial charge is 0.390 e. The lowest BCUT2D eigenvalue weighted by atomic mass is 10.1. The number of rotatable bonds is 10. The highest BCUT2D eigenvalue weighted by Gasteiger charge is 2.26.